The van der Waals surface area contributed by atoms with Gasteiger partial charge in [-0.05, 0) is 31.0 Å². The van der Waals surface area contributed by atoms with Crippen LogP contribution in [0.3, 0.4) is 0 Å². The zero-order valence-corrected chi connectivity index (χ0v) is 16.9. The molecule has 0 N–H and O–H groups in total. The van der Waals surface area contributed by atoms with E-state index >= 15 is 0 Å². The van der Waals surface area contributed by atoms with E-state index in [1.165, 1.54) is 30.6 Å². The van der Waals surface area contributed by atoms with Gasteiger partial charge in [0, 0.05) is 26.5 Å². The predicted octanol–water partition coefficient (Wildman–Crippen LogP) is 2.97. The molecule has 0 radical (unpaired) electrons. The van der Waals surface area contributed by atoms with Crippen molar-refractivity contribution in [3.8, 4) is 0 Å². The summed E-state index contributed by atoms with van der Waals surface area (Å²) >= 11 is 1.31. The number of methoxy groups -OCH3 is 2. The number of rotatable bonds is 5. The topological polar surface area (TPSA) is 68.7 Å². The summed E-state index contributed by atoms with van der Waals surface area (Å²) in [5.41, 5.74) is 1.55. The predicted molar refractivity (Wildman–Crippen MR) is 103 cm³/mol. The van der Waals surface area contributed by atoms with Gasteiger partial charge in [0.1, 0.15) is 16.7 Å². The molecule has 8 heteroatoms. The fraction of sp³-hybridized carbons (Fsp3) is 0.450. The Morgan fingerprint density at radius 3 is 2.64 bits per heavy atom. The minimum atomic E-state index is -0.668. The zero-order valence-electron chi connectivity index (χ0n) is 16.1. The van der Waals surface area contributed by atoms with Crippen LogP contribution in [0.25, 0.3) is 0 Å². The molecule has 0 bridgehead atoms. The maximum atomic E-state index is 13.2. The first kappa shape index (κ1) is 20.4. The van der Waals surface area contributed by atoms with Crippen LogP contribution in [0.5, 0.6) is 0 Å². The number of benzene rings is 1. The van der Waals surface area contributed by atoms with E-state index in [0.29, 0.717) is 36.4 Å². The summed E-state index contributed by atoms with van der Waals surface area (Å²) in [6.07, 6.45) is 1.51. The maximum absolute atomic E-state index is 13.2. The number of aryl methyl sites for hydroxylation is 1. The van der Waals surface area contributed by atoms with Gasteiger partial charge in [-0.2, -0.15) is 0 Å². The third-order valence-corrected chi connectivity index (χ3v) is 6.07. The molecule has 1 fully saturated rings. The molecule has 6 nitrogen and oxygen atoms in total. The minimum Gasteiger partial charge on any atom is -0.467 e. The number of likely N-dealkylation sites (tertiary alicyclic amines) is 1. The first-order valence-corrected chi connectivity index (χ1v) is 9.87. The van der Waals surface area contributed by atoms with Crippen molar-refractivity contribution < 1.29 is 23.5 Å². The average molecular weight is 406 g/mol. The van der Waals surface area contributed by atoms with E-state index in [4.69, 9.17) is 9.47 Å². The molecule has 0 saturated carbocycles. The molecule has 150 valence electrons. The lowest BCUT2D eigenvalue weighted by Crippen LogP contribution is -2.52. The van der Waals surface area contributed by atoms with Gasteiger partial charge in [0.05, 0.1) is 23.9 Å². The van der Waals surface area contributed by atoms with Gasteiger partial charge in [-0.3, -0.25) is 4.79 Å². The number of halogens is 1. The molecule has 0 unspecified atom stereocenters. The van der Waals surface area contributed by atoms with Crippen molar-refractivity contribution in [2.75, 3.05) is 20.8 Å². The van der Waals surface area contributed by atoms with Crippen molar-refractivity contribution >= 4 is 23.2 Å². The van der Waals surface area contributed by atoms with Crippen LogP contribution in [0.1, 0.15) is 38.8 Å². The fourth-order valence-corrected chi connectivity index (χ4v) is 4.44. The lowest BCUT2D eigenvalue weighted by atomic mass is 9.99. The van der Waals surface area contributed by atoms with Crippen LogP contribution < -0.4 is 0 Å². The number of hydrogen-bond donors (Lipinski definition) is 0. The third-order valence-electron chi connectivity index (χ3n) is 4.93. The van der Waals surface area contributed by atoms with Crippen LogP contribution in [0.2, 0.25) is 0 Å². The third kappa shape index (κ3) is 4.39. The van der Waals surface area contributed by atoms with Crippen LogP contribution in [-0.2, 0) is 20.7 Å². The Morgan fingerprint density at radius 1 is 1.29 bits per heavy atom. The molecule has 3 rings (SSSR count). The molecule has 2 aromatic rings. The lowest BCUT2D eigenvalue weighted by Gasteiger charge is -2.37. The number of esters is 1. The number of amides is 1. The normalized spacial score (nSPS) is 19.5. The molecular formula is C20H23FN2O4S. The quantitative estimate of drug-likeness (QED) is 0.714. The number of carbonyl (C=O) groups excluding carboxylic acids is 2. The van der Waals surface area contributed by atoms with Crippen molar-refractivity contribution in [2.24, 2.45) is 0 Å². The van der Waals surface area contributed by atoms with Gasteiger partial charge >= 0.3 is 5.97 Å². The van der Waals surface area contributed by atoms with Gasteiger partial charge in [-0.25, -0.2) is 14.2 Å². The number of ether oxygens (including phenoxy) is 2. The van der Waals surface area contributed by atoms with E-state index in [1.807, 2.05) is 0 Å². The van der Waals surface area contributed by atoms with Gasteiger partial charge in [0.2, 0.25) is 0 Å². The van der Waals surface area contributed by atoms with Gasteiger partial charge in [-0.1, -0.05) is 12.1 Å². The highest BCUT2D eigenvalue weighted by Crippen LogP contribution is 2.27. The maximum Gasteiger partial charge on any atom is 0.328 e. The molecular weight excluding hydrogens is 383 g/mol. The molecule has 2 atom stereocenters. The van der Waals surface area contributed by atoms with Gasteiger partial charge < -0.3 is 14.4 Å². The van der Waals surface area contributed by atoms with Gasteiger partial charge in [0.25, 0.3) is 5.91 Å². The monoisotopic (exact) mass is 406 g/mol. The van der Waals surface area contributed by atoms with E-state index < -0.39 is 12.0 Å². The molecule has 28 heavy (non-hydrogen) atoms. The van der Waals surface area contributed by atoms with Crippen LogP contribution in [0, 0.1) is 12.7 Å². The van der Waals surface area contributed by atoms with Gasteiger partial charge in [0.15, 0.2) is 0 Å². The van der Waals surface area contributed by atoms with E-state index in [2.05, 4.69) is 4.98 Å². The van der Waals surface area contributed by atoms with E-state index in [0.717, 1.165) is 10.6 Å². The number of hydrogen-bond acceptors (Lipinski definition) is 6. The van der Waals surface area contributed by atoms with Crippen molar-refractivity contribution in [1.29, 1.82) is 0 Å². The number of aromatic nitrogens is 1. The fourth-order valence-electron chi connectivity index (χ4n) is 3.38. The Morgan fingerprint density at radius 2 is 2.00 bits per heavy atom. The van der Waals surface area contributed by atoms with E-state index in [1.54, 1.807) is 31.1 Å². The number of nitrogens with zero attached hydrogens (tertiary/aromatic N) is 2. The standard InChI is InChI=1S/C20H23FN2O4S/c1-12-18(28-17(22-12)10-13-4-6-14(21)7-5-13)19(24)23-9-8-15(26-2)11-16(23)20(25)27-3/h4-7,15-16H,8-11H2,1-3H3/t15-,16-/m0/s1. The second-order valence-electron chi connectivity index (χ2n) is 6.74. The first-order valence-electron chi connectivity index (χ1n) is 9.05. The summed E-state index contributed by atoms with van der Waals surface area (Å²) in [6, 6.07) is 5.55. The Hall–Kier alpha value is -2.32. The highest BCUT2D eigenvalue weighted by molar-refractivity contribution is 7.13. The van der Waals surface area contributed by atoms with Crippen molar-refractivity contribution in [3.05, 3.63) is 51.2 Å². The summed E-state index contributed by atoms with van der Waals surface area (Å²) in [5, 5.41) is 0.772. The van der Waals surface area contributed by atoms with Crippen LogP contribution in [0.15, 0.2) is 24.3 Å². The molecule has 1 amide bonds. The van der Waals surface area contributed by atoms with Crippen molar-refractivity contribution in [2.45, 2.75) is 38.3 Å². The summed E-state index contributed by atoms with van der Waals surface area (Å²) in [4.78, 5) is 32.0. The Bertz CT molecular complexity index is 852. The molecule has 2 heterocycles. The molecule has 1 aromatic heterocycles. The van der Waals surface area contributed by atoms with Crippen LogP contribution in [0.4, 0.5) is 4.39 Å². The molecule has 0 aliphatic carbocycles. The van der Waals surface area contributed by atoms with Crippen molar-refractivity contribution in [3.63, 3.8) is 0 Å². The molecule has 1 saturated heterocycles. The number of carbonyl (C=O) groups is 2. The van der Waals surface area contributed by atoms with Gasteiger partial charge in [-0.15, -0.1) is 11.3 Å². The van der Waals surface area contributed by atoms with Crippen LogP contribution in [-0.4, -0.2) is 54.7 Å². The Labute approximate surface area is 167 Å². The van der Waals surface area contributed by atoms with E-state index in [9.17, 15) is 14.0 Å². The average Bonchev–Trinajstić information content (AvgIpc) is 3.08. The second-order valence-corrected chi connectivity index (χ2v) is 7.83. The smallest absolute Gasteiger partial charge is 0.328 e. The number of piperidine rings is 1. The Balaban J connectivity index is 1.80. The first-order chi connectivity index (χ1) is 13.4. The van der Waals surface area contributed by atoms with Crippen molar-refractivity contribution in [1.82, 2.24) is 9.88 Å². The highest BCUT2D eigenvalue weighted by Gasteiger charge is 2.38. The second kappa shape index (κ2) is 8.79. The number of thiazole rings is 1. The largest absolute Gasteiger partial charge is 0.467 e. The molecule has 1 aliphatic heterocycles. The molecule has 0 spiro atoms. The summed E-state index contributed by atoms with van der Waals surface area (Å²) in [6.45, 7) is 2.20. The summed E-state index contributed by atoms with van der Waals surface area (Å²) in [5.74, 6) is -0.947. The van der Waals surface area contributed by atoms with E-state index in [-0.39, 0.29) is 17.8 Å². The molecule has 1 aromatic carbocycles. The van der Waals surface area contributed by atoms with Crippen LogP contribution >= 0.6 is 11.3 Å². The molecule has 1 aliphatic rings. The SMILES string of the molecule is COC(=O)[C@@H]1C[C@@H](OC)CCN1C(=O)c1sc(Cc2ccc(F)cc2)nc1C. The summed E-state index contributed by atoms with van der Waals surface area (Å²) in [7, 11) is 2.92. The Kier molecular flexibility index (Phi) is 6.41. The highest BCUT2D eigenvalue weighted by atomic mass is 32.1. The minimum absolute atomic E-state index is 0.0789. The summed E-state index contributed by atoms with van der Waals surface area (Å²) < 4.78 is 23.3. The lowest BCUT2D eigenvalue weighted by molar-refractivity contribution is -0.149. The zero-order chi connectivity index (χ0) is 20.3.